The molecule has 1 aliphatic heterocycles. The molecule has 118 valence electrons. The predicted molar refractivity (Wildman–Crippen MR) is 75.7 cm³/mol. The van der Waals surface area contributed by atoms with Crippen LogP contribution in [0.2, 0.25) is 0 Å². The number of hydrogen-bond acceptors (Lipinski definition) is 5. The maximum absolute atomic E-state index is 12.1. The van der Waals surface area contributed by atoms with Crippen molar-refractivity contribution in [2.45, 2.75) is 37.3 Å². The summed E-state index contributed by atoms with van der Waals surface area (Å²) >= 11 is 0. The largest absolute Gasteiger partial charge is 0.475 e. The Morgan fingerprint density at radius 3 is 2.62 bits per heavy atom. The van der Waals surface area contributed by atoms with Crippen LogP contribution in [0.15, 0.2) is 21.6 Å². The molecule has 2 N–H and O–H groups in total. The zero-order valence-corrected chi connectivity index (χ0v) is 12.7. The summed E-state index contributed by atoms with van der Waals surface area (Å²) in [5.74, 6) is -1.68. The van der Waals surface area contributed by atoms with Crippen LogP contribution >= 0.6 is 0 Å². The van der Waals surface area contributed by atoms with Gasteiger partial charge in [0.1, 0.15) is 0 Å². The molecule has 1 atom stereocenters. The summed E-state index contributed by atoms with van der Waals surface area (Å²) in [6, 6.07) is 2.01. The third kappa shape index (κ3) is 4.29. The van der Waals surface area contributed by atoms with Crippen molar-refractivity contribution in [1.82, 2.24) is 9.62 Å². The van der Waals surface area contributed by atoms with E-state index in [-0.39, 0.29) is 16.9 Å². The second-order valence-corrected chi connectivity index (χ2v) is 6.95. The number of piperidine rings is 1. The third-order valence-corrected chi connectivity index (χ3v) is 4.86. The Hall–Kier alpha value is -1.38. The van der Waals surface area contributed by atoms with Gasteiger partial charge in [0.25, 0.3) is 10.0 Å². The second-order valence-electron chi connectivity index (χ2n) is 5.31. The van der Waals surface area contributed by atoms with Gasteiger partial charge >= 0.3 is 5.97 Å². The zero-order chi connectivity index (χ0) is 15.5. The molecule has 0 radical (unpaired) electrons. The Labute approximate surface area is 124 Å². The molecular weight excluding hydrogens is 296 g/mol. The van der Waals surface area contributed by atoms with Gasteiger partial charge in [0.2, 0.25) is 10.9 Å². The number of hydrogen-bond donors (Lipinski definition) is 2. The molecule has 1 aliphatic rings. The van der Waals surface area contributed by atoms with Gasteiger partial charge in [0, 0.05) is 12.6 Å². The molecule has 0 aliphatic carbocycles. The first-order valence-electron chi connectivity index (χ1n) is 6.96. The molecule has 0 saturated carbocycles. The highest BCUT2D eigenvalue weighted by Crippen LogP contribution is 2.15. The number of aromatic carboxylic acids is 1. The summed E-state index contributed by atoms with van der Waals surface area (Å²) in [5, 5.41) is 8.38. The normalized spacial score (nSPS) is 18.5. The number of sulfonamides is 1. The molecule has 1 aromatic rings. The molecular formula is C13H20N2O5S. The van der Waals surface area contributed by atoms with Crippen LogP contribution in [-0.4, -0.2) is 50.1 Å². The lowest BCUT2D eigenvalue weighted by molar-refractivity contribution is 0.0656. The minimum atomic E-state index is -3.83. The van der Waals surface area contributed by atoms with Crippen LogP contribution in [0.5, 0.6) is 0 Å². The van der Waals surface area contributed by atoms with E-state index < -0.39 is 16.0 Å². The van der Waals surface area contributed by atoms with Gasteiger partial charge in [-0.2, -0.15) is 0 Å². The van der Waals surface area contributed by atoms with Crippen molar-refractivity contribution in [2.24, 2.45) is 0 Å². The Bertz CT molecular complexity index is 589. The molecule has 0 spiro atoms. The lowest BCUT2D eigenvalue weighted by Gasteiger charge is -2.29. The molecule has 21 heavy (non-hydrogen) atoms. The molecule has 1 saturated heterocycles. The lowest BCUT2D eigenvalue weighted by atomic mass is 10.1. The van der Waals surface area contributed by atoms with Crippen LogP contribution < -0.4 is 4.72 Å². The molecule has 2 heterocycles. The average Bonchev–Trinajstić information content (AvgIpc) is 2.89. The summed E-state index contributed by atoms with van der Waals surface area (Å²) in [5.41, 5.74) is 0. The standard InChI is InChI=1S/C13H20N2O5S/c1-10(9-15-7-3-2-4-8-15)14-21(18,19)12-6-5-11(20-12)13(16)17/h5-6,10,14H,2-4,7-9H2,1H3,(H,16,17). The molecule has 0 bridgehead atoms. The summed E-state index contributed by atoms with van der Waals surface area (Å²) < 4.78 is 31.6. The molecule has 7 nitrogen and oxygen atoms in total. The fraction of sp³-hybridized carbons (Fsp3) is 0.615. The van der Waals surface area contributed by atoms with Crippen LogP contribution in [0.25, 0.3) is 0 Å². The predicted octanol–water partition coefficient (Wildman–Crippen LogP) is 1.13. The minimum absolute atomic E-state index is 0.272. The Morgan fingerprint density at radius 1 is 1.38 bits per heavy atom. The summed E-state index contributed by atoms with van der Waals surface area (Å²) in [4.78, 5) is 12.9. The summed E-state index contributed by atoms with van der Waals surface area (Å²) in [7, 11) is -3.83. The SMILES string of the molecule is CC(CN1CCCCC1)NS(=O)(=O)c1ccc(C(=O)O)o1. The first-order valence-corrected chi connectivity index (χ1v) is 8.44. The molecule has 2 rings (SSSR count). The maximum atomic E-state index is 12.1. The highest BCUT2D eigenvalue weighted by Gasteiger charge is 2.24. The third-order valence-electron chi connectivity index (χ3n) is 3.39. The van der Waals surface area contributed by atoms with Gasteiger partial charge in [0.15, 0.2) is 0 Å². The van der Waals surface area contributed by atoms with E-state index in [0.29, 0.717) is 6.54 Å². The average molecular weight is 316 g/mol. The number of carboxylic acid groups (broad SMARTS) is 1. The van der Waals surface area contributed by atoms with Gasteiger partial charge in [-0.15, -0.1) is 0 Å². The van der Waals surface area contributed by atoms with Crippen molar-refractivity contribution in [1.29, 1.82) is 0 Å². The number of carbonyl (C=O) groups is 1. The van der Waals surface area contributed by atoms with E-state index in [1.807, 2.05) is 0 Å². The Balaban J connectivity index is 1.97. The summed E-state index contributed by atoms with van der Waals surface area (Å²) in [6.45, 7) is 4.38. The molecule has 8 heteroatoms. The van der Waals surface area contributed by atoms with Crippen LogP contribution in [-0.2, 0) is 10.0 Å². The van der Waals surface area contributed by atoms with E-state index in [1.54, 1.807) is 6.92 Å². The van der Waals surface area contributed by atoms with Crippen molar-refractivity contribution < 1.29 is 22.7 Å². The molecule has 0 amide bonds. The van der Waals surface area contributed by atoms with Gasteiger partial charge in [-0.25, -0.2) is 17.9 Å². The van der Waals surface area contributed by atoms with Crippen LogP contribution in [0.1, 0.15) is 36.7 Å². The van der Waals surface area contributed by atoms with Crippen molar-refractivity contribution in [3.8, 4) is 0 Å². The van der Waals surface area contributed by atoms with Crippen molar-refractivity contribution in [3.05, 3.63) is 17.9 Å². The number of carboxylic acids is 1. The molecule has 1 aromatic heterocycles. The van der Waals surface area contributed by atoms with Gasteiger partial charge in [-0.3, -0.25) is 0 Å². The molecule has 0 aromatic carbocycles. The van der Waals surface area contributed by atoms with E-state index in [0.717, 1.165) is 38.1 Å². The van der Waals surface area contributed by atoms with Gasteiger partial charge in [-0.1, -0.05) is 6.42 Å². The topological polar surface area (TPSA) is 99.9 Å². The zero-order valence-electron chi connectivity index (χ0n) is 11.9. The van der Waals surface area contributed by atoms with E-state index in [4.69, 9.17) is 9.52 Å². The van der Waals surface area contributed by atoms with Crippen molar-refractivity contribution >= 4 is 16.0 Å². The first-order chi connectivity index (χ1) is 9.88. The number of nitrogens with one attached hydrogen (secondary N) is 1. The monoisotopic (exact) mass is 316 g/mol. The van der Waals surface area contributed by atoms with Crippen LogP contribution in [0, 0.1) is 0 Å². The minimum Gasteiger partial charge on any atom is -0.475 e. The fourth-order valence-electron chi connectivity index (χ4n) is 2.47. The van der Waals surface area contributed by atoms with Gasteiger partial charge in [-0.05, 0) is 45.0 Å². The lowest BCUT2D eigenvalue weighted by Crippen LogP contribution is -2.43. The summed E-state index contributed by atoms with van der Waals surface area (Å²) in [6.07, 6.45) is 3.50. The highest BCUT2D eigenvalue weighted by molar-refractivity contribution is 7.89. The fourth-order valence-corrected chi connectivity index (χ4v) is 3.64. The quantitative estimate of drug-likeness (QED) is 0.816. The number of rotatable bonds is 6. The molecule has 1 unspecified atom stereocenters. The van der Waals surface area contributed by atoms with Crippen LogP contribution in [0.4, 0.5) is 0 Å². The van der Waals surface area contributed by atoms with Crippen molar-refractivity contribution in [2.75, 3.05) is 19.6 Å². The smallest absolute Gasteiger partial charge is 0.371 e. The second kappa shape index (κ2) is 6.59. The van der Waals surface area contributed by atoms with Crippen molar-refractivity contribution in [3.63, 3.8) is 0 Å². The highest BCUT2D eigenvalue weighted by atomic mass is 32.2. The van der Waals surface area contributed by atoms with Gasteiger partial charge in [0.05, 0.1) is 0 Å². The van der Waals surface area contributed by atoms with E-state index in [2.05, 4.69) is 9.62 Å². The number of furan rings is 1. The van der Waals surface area contributed by atoms with Crippen LogP contribution in [0.3, 0.4) is 0 Å². The Morgan fingerprint density at radius 2 is 2.05 bits per heavy atom. The van der Waals surface area contributed by atoms with Gasteiger partial charge < -0.3 is 14.4 Å². The van der Waals surface area contributed by atoms with E-state index >= 15 is 0 Å². The number of likely N-dealkylation sites (tertiary alicyclic amines) is 1. The Kier molecular flexibility index (Phi) is 5.02. The first kappa shape index (κ1) is 16.0. The molecule has 1 fully saturated rings. The van der Waals surface area contributed by atoms with E-state index in [1.165, 1.54) is 6.42 Å². The maximum Gasteiger partial charge on any atom is 0.371 e. The van der Waals surface area contributed by atoms with E-state index in [9.17, 15) is 13.2 Å². The number of nitrogens with zero attached hydrogens (tertiary/aromatic N) is 1.